The molecule has 0 spiro atoms. The Balaban J connectivity index is 2.79. The van der Waals surface area contributed by atoms with Crippen LogP contribution in [-0.4, -0.2) is 11.6 Å². The van der Waals surface area contributed by atoms with Gasteiger partial charge in [-0.15, -0.1) is 0 Å². The second kappa shape index (κ2) is 4.37. The summed E-state index contributed by atoms with van der Waals surface area (Å²) in [7, 11) is 0. The lowest BCUT2D eigenvalue weighted by molar-refractivity contribution is -0.111. The third-order valence-corrected chi connectivity index (χ3v) is 3.46. The van der Waals surface area contributed by atoms with Crippen LogP contribution < -0.4 is 0 Å². The van der Waals surface area contributed by atoms with E-state index in [9.17, 15) is 9.59 Å². The van der Waals surface area contributed by atoms with E-state index in [2.05, 4.69) is 0 Å². The van der Waals surface area contributed by atoms with Crippen molar-refractivity contribution in [3.05, 3.63) is 52.1 Å². The summed E-state index contributed by atoms with van der Waals surface area (Å²) in [6, 6.07) is 5.58. The Kier molecular flexibility index (Phi) is 3.04. The van der Waals surface area contributed by atoms with Gasteiger partial charge in [-0.05, 0) is 44.4 Å². The number of rotatable bonds is 1. The highest BCUT2D eigenvalue weighted by molar-refractivity contribution is 6.53. The van der Waals surface area contributed by atoms with Crippen LogP contribution in [0.4, 0.5) is 0 Å². The van der Waals surface area contributed by atoms with Crippen molar-refractivity contribution in [2.24, 2.45) is 0 Å². The highest BCUT2D eigenvalue weighted by atomic mass is 16.2. The van der Waals surface area contributed by atoms with Gasteiger partial charge in [-0.1, -0.05) is 29.8 Å². The normalized spacial score (nSPS) is 16.1. The third kappa shape index (κ3) is 1.74. The number of allylic oxidation sites excluding steroid dienone is 4. The molecule has 92 valence electrons. The van der Waals surface area contributed by atoms with Crippen LogP contribution in [0.3, 0.4) is 0 Å². The van der Waals surface area contributed by atoms with Crippen molar-refractivity contribution in [1.82, 2.24) is 0 Å². The molecule has 0 saturated carbocycles. The quantitative estimate of drug-likeness (QED) is 0.704. The highest BCUT2D eigenvalue weighted by Gasteiger charge is 2.31. The molecule has 0 aliphatic heterocycles. The number of fused-ring (bicyclic) bond motifs is 1. The van der Waals surface area contributed by atoms with Crippen LogP contribution in [0.5, 0.6) is 0 Å². The molecule has 1 aromatic carbocycles. The number of aryl methyl sites for hydroxylation is 1. The fourth-order valence-corrected chi connectivity index (χ4v) is 2.33. The van der Waals surface area contributed by atoms with Crippen LogP contribution >= 0.6 is 0 Å². The maximum absolute atomic E-state index is 12.1. The molecule has 0 amide bonds. The third-order valence-electron chi connectivity index (χ3n) is 3.46. The van der Waals surface area contributed by atoms with Crippen molar-refractivity contribution < 1.29 is 9.59 Å². The molecule has 1 aliphatic rings. The molecule has 0 heterocycles. The van der Waals surface area contributed by atoms with Gasteiger partial charge in [0.2, 0.25) is 11.6 Å². The second-order valence-corrected chi connectivity index (χ2v) is 4.68. The van der Waals surface area contributed by atoms with Crippen molar-refractivity contribution in [3.8, 4) is 0 Å². The number of hydrogen-bond acceptors (Lipinski definition) is 2. The minimum absolute atomic E-state index is 0.389. The molecule has 0 radical (unpaired) electrons. The zero-order valence-corrected chi connectivity index (χ0v) is 11.1. The summed E-state index contributed by atoms with van der Waals surface area (Å²) >= 11 is 0. The number of Topliss-reactive ketones (excluding diaryl/α,β-unsaturated/α-hetero) is 2. The fourth-order valence-electron chi connectivity index (χ4n) is 2.33. The standard InChI is InChI=1S/C16H16O2/c1-5-10(3)14-11(4)13-8-9(2)6-7-12(13)15(17)16(14)18/h5-8H,1-4H3/b10-5-. The molecular formula is C16H16O2. The molecule has 2 nitrogen and oxygen atoms in total. The minimum atomic E-state index is -0.396. The van der Waals surface area contributed by atoms with E-state index in [1.54, 1.807) is 6.07 Å². The minimum Gasteiger partial charge on any atom is -0.285 e. The Labute approximate surface area is 107 Å². The lowest BCUT2D eigenvalue weighted by Crippen LogP contribution is -2.24. The van der Waals surface area contributed by atoms with Gasteiger partial charge < -0.3 is 0 Å². The monoisotopic (exact) mass is 240 g/mol. The van der Waals surface area contributed by atoms with Crippen LogP contribution in [0.25, 0.3) is 5.57 Å². The van der Waals surface area contributed by atoms with Crippen molar-refractivity contribution in [1.29, 1.82) is 0 Å². The fraction of sp³-hybridized carbons (Fsp3) is 0.250. The van der Waals surface area contributed by atoms with Gasteiger partial charge in [-0.25, -0.2) is 0 Å². The second-order valence-electron chi connectivity index (χ2n) is 4.68. The van der Waals surface area contributed by atoms with Crippen molar-refractivity contribution in [2.45, 2.75) is 27.7 Å². The summed E-state index contributed by atoms with van der Waals surface area (Å²) in [5.41, 5.74) is 4.81. The summed E-state index contributed by atoms with van der Waals surface area (Å²) in [4.78, 5) is 24.2. The van der Waals surface area contributed by atoms with Gasteiger partial charge in [-0.3, -0.25) is 9.59 Å². The number of carbonyl (C=O) groups excluding carboxylic acids is 2. The van der Waals surface area contributed by atoms with Crippen molar-refractivity contribution in [3.63, 3.8) is 0 Å². The van der Waals surface area contributed by atoms with E-state index in [1.807, 2.05) is 45.9 Å². The van der Waals surface area contributed by atoms with Gasteiger partial charge in [0.1, 0.15) is 0 Å². The molecular weight excluding hydrogens is 224 g/mol. The van der Waals surface area contributed by atoms with Gasteiger partial charge in [0.05, 0.1) is 0 Å². The predicted molar refractivity (Wildman–Crippen MR) is 72.5 cm³/mol. The molecule has 1 aromatic rings. The van der Waals surface area contributed by atoms with Crippen LogP contribution in [0.2, 0.25) is 0 Å². The molecule has 2 rings (SSSR count). The summed E-state index contributed by atoms with van der Waals surface area (Å²) in [6.45, 7) is 7.63. The van der Waals surface area contributed by atoms with E-state index in [0.29, 0.717) is 11.1 Å². The van der Waals surface area contributed by atoms with Gasteiger partial charge in [0.25, 0.3) is 0 Å². The first kappa shape index (κ1) is 12.5. The first-order valence-corrected chi connectivity index (χ1v) is 6.01. The summed E-state index contributed by atoms with van der Waals surface area (Å²) in [5, 5.41) is 0. The molecule has 0 saturated heterocycles. The number of carbonyl (C=O) groups is 2. The Morgan fingerprint density at radius 2 is 1.72 bits per heavy atom. The molecule has 0 atom stereocenters. The molecule has 0 aromatic heterocycles. The van der Waals surface area contributed by atoms with E-state index in [0.717, 1.165) is 22.3 Å². The van der Waals surface area contributed by atoms with Crippen LogP contribution in [-0.2, 0) is 4.79 Å². The average Bonchev–Trinajstić information content (AvgIpc) is 2.36. The maximum Gasteiger partial charge on any atom is 0.234 e. The van der Waals surface area contributed by atoms with Gasteiger partial charge in [0, 0.05) is 11.1 Å². The van der Waals surface area contributed by atoms with Crippen LogP contribution in [0.1, 0.15) is 42.3 Å². The molecule has 0 bridgehead atoms. The first-order chi connectivity index (χ1) is 8.47. The SMILES string of the molecule is C/C=C(/C)C1=C(C)c2cc(C)ccc2C(=O)C1=O. The number of benzene rings is 1. The van der Waals surface area contributed by atoms with Crippen molar-refractivity contribution >= 4 is 17.1 Å². The van der Waals surface area contributed by atoms with Crippen molar-refractivity contribution in [2.75, 3.05) is 0 Å². The zero-order chi connectivity index (χ0) is 13.4. The first-order valence-electron chi connectivity index (χ1n) is 6.01. The van der Waals surface area contributed by atoms with Gasteiger partial charge >= 0.3 is 0 Å². The predicted octanol–water partition coefficient (Wildman–Crippen LogP) is 3.50. The Morgan fingerprint density at radius 1 is 1.06 bits per heavy atom. The van der Waals surface area contributed by atoms with E-state index in [4.69, 9.17) is 0 Å². The molecule has 18 heavy (non-hydrogen) atoms. The summed E-state index contributed by atoms with van der Waals surface area (Å²) in [5.74, 6) is -0.786. The number of ketones is 2. The lowest BCUT2D eigenvalue weighted by atomic mass is 9.81. The van der Waals surface area contributed by atoms with E-state index in [-0.39, 0.29) is 5.78 Å². The zero-order valence-electron chi connectivity index (χ0n) is 11.1. The highest BCUT2D eigenvalue weighted by Crippen LogP contribution is 2.33. The maximum atomic E-state index is 12.1. The molecule has 2 heteroatoms. The van der Waals surface area contributed by atoms with E-state index < -0.39 is 5.78 Å². The Bertz CT molecular complexity index is 616. The number of hydrogen-bond donors (Lipinski definition) is 0. The van der Waals surface area contributed by atoms with Crippen LogP contribution in [0.15, 0.2) is 35.4 Å². The lowest BCUT2D eigenvalue weighted by Gasteiger charge is -2.20. The van der Waals surface area contributed by atoms with Gasteiger partial charge in [-0.2, -0.15) is 0 Å². The molecule has 0 N–H and O–H groups in total. The summed E-state index contributed by atoms with van der Waals surface area (Å²) < 4.78 is 0. The summed E-state index contributed by atoms with van der Waals surface area (Å²) in [6.07, 6.45) is 1.87. The average molecular weight is 240 g/mol. The molecule has 1 aliphatic carbocycles. The Hall–Kier alpha value is -1.96. The largest absolute Gasteiger partial charge is 0.285 e. The topological polar surface area (TPSA) is 34.1 Å². The molecule has 0 unspecified atom stereocenters. The van der Waals surface area contributed by atoms with E-state index >= 15 is 0 Å². The Morgan fingerprint density at radius 3 is 2.33 bits per heavy atom. The molecule has 0 fully saturated rings. The van der Waals surface area contributed by atoms with Gasteiger partial charge in [0.15, 0.2) is 0 Å². The smallest absolute Gasteiger partial charge is 0.234 e. The van der Waals surface area contributed by atoms with E-state index in [1.165, 1.54) is 0 Å². The van der Waals surface area contributed by atoms with Crippen LogP contribution in [0, 0.1) is 6.92 Å².